The number of carbonyl (C=O) groups is 2. The molecular formula is C25H22FNO5S. The van der Waals surface area contributed by atoms with Gasteiger partial charge in [-0.25, -0.2) is 17.6 Å². The molecule has 6 nitrogen and oxygen atoms in total. The van der Waals surface area contributed by atoms with Gasteiger partial charge in [0.1, 0.15) is 5.82 Å². The van der Waals surface area contributed by atoms with Crippen LogP contribution >= 0.6 is 0 Å². The third-order valence-electron chi connectivity index (χ3n) is 5.58. The number of sulfonamides is 1. The molecule has 4 rings (SSSR count). The average molecular weight is 468 g/mol. The largest absolute Gasteiger partial charge is 0.451 e. The molecule has 0 saturated carbocycles. The van der Waals surface area contributed by atoms with Crippen molar-refractivity contribution in [3.05, 3.63) is 101 Å². The number of ether oxygens (including phenoxy) is 1. The molecule has 170 valence electrons. The Balaban J connectivity index is 1.49. The summed E-state index contributed by atoms with van der Waals surface area (Å²) in [5.41, 5.74) is 2.31. The highest BCUT2D eigenvalue weighted by Crippen LogP contribution is 2.25. The van der Waals surface area contributed by atoms with E-state index in [2.05, 4.69) is 0 Å². The van der Waals surface area contributed by atoms with E-state index in [9.17, 15) is 22.4 Å². The van der Waals surface area contributed by atoms with Gasteiger partial charge in [0, 0.05) is 18.7 Å². The lowest BCUT2D eigenvalue weighted by Crippen LogP contribution is -2.36. The highest BCUT2D eigenvalue weighted by molar-refractivity contribution is 7.89. The Hall–Kier alpha value is -3.36. The lowest BCUT2D eigenvalue weighted by atomic mass is 10.0. The summed E-state index contributed by atoms with van der Waals surface area (Å²) in [6.07, 6.45) is -0.512. The molecule has 0 saturated heterocycles. The number of benzene rings is 3. The first kappa shape index (κ1) is 22.8. The number of fused-ring (bicyclic) bond motifs is 1. The van der Waals surface area contributed by atoms with Crippen LogP contribution in [0.3, 0.4) is 0 Å². The molecule has 1 atom stereocenters. The monoisotopic (exact) mass is 467 g/mol. The number of rotatable bonds is 6. The van der Waals surface area contributed by atoms with E-state index in [0.717, 1.165) is 23.3 Å². The summed E-state index contributed by atoms with van der Waals surface area (Å²) in [5, 5.41) is 0. The first-order valence-corrected chi connectivity index (χ1v) is 11.9. The number of nitrogens with zero attached hydrogens (tertiary/aromatic N) is 1. The summed E-state index contributed by atoms with van der Waals surface area (Å²) in [6.45, 7) is 2.02. The second kappa shape index (κ2) is 9.25. The SMILES string of the molecule is C[C@H](OC(=O)c1cccc(S(=O)(=O)N2CCc3ccccc3C2)c1)C(=O)c1ccc(F)cc1. The first-order valence-electron chi connectivity index (χ1n) is 10.4. The highest BCUT2D eigenvalue weighted by atomic mass is 32.2. The minimum absolute atomic E-state index is 0.0196. The summed E-state index contributed by atoms with van der Waals surface area (Å²) in [6, 6.07) is 18.2. The number of hydrogen-bond donors (Lipinski definition) is 0. The third kappa shape index (κ3) is 4.86. The molecule has 0 unspecified atom stereocenters. The number of Topliss-reactive ketones (excluding diaryl/α,β-unsaturated/α-hetero) is 1. The highest BCUT2D eigenvalue weighted by Gasteiger charge is 2.29. The van der Waals surface area contributed by atoms with Crippen molar-refractivity contribution in [3.8, 4) is 0 Å². The lowest BCUT2D eigenvalue weighted by Gasteiger charge is -2.28. The summed E-state index contributed by atoms with van der Waals surface area (Å²) in [5.74, 6) is -1.79. The molecule has 33 heavy (non-hydrogen) atoms. The molecule has 3 aromatic carbocycles. The number of esters is 1. The van der Waals surface area contributed by atoms with E-state index in [1.54, 1.807) is 0 Å². The van der Waals surface area contributed by atoms with E-state index >= 15 is 0 Å². The van der Waals surface area contributed by atoms with Crippen molar-refractivity contribution in [1.29, 1.82) is 0 Å². The van der Waals surface area contributed by atoms with Gasteiger partial charge in [0.25, 0.3) is 0 Å². The molecule has 0 amide bonds. The minimum Gasteiger partial charge on any atom is -0.451 e. The molecule has 0 bridgehead atoms. The van der Waals surface area contributed by atoms with Crippen LogP contribution in [0.4, 0.5) is 4.39 Å². The zero-order chi connectivity index (χ0) is 23.6. The minimum atomic E-state index is -3.83. The van der Waals surface area contributed by atoms with Crippen LogP contribution in [-0.2, 0) is 27.7 Å². The maximum Gasteiger partial charge on any atom is 0.338 e. The molecule has 0 aromatic heterocycles. The van der Waals surface area contributed by atoms with Crippen LogP contribution in [0.15, 0.2) is 77.7 Å². The molecule has 8 heteroatoms. The Morgan fingerprint density at radius 3 is 2.36 bits per heavy atom. The van der Waals surface area contributed by atoms with Crippen molar-refractivity contribution in [2.24, 2.45) is 0 Å². The van der Waals surface area contributed by atoms with E-state index in [-0.39, 0.29) is 22.6 Å². The van der Waals surface area contributed by atoms with Crippen LogP contribution < -0.4 is 0 Å². The fraction of sp³-hybridized carbons (Fsp3) is 0.200. The molecule has 0 radical (unpaired) electrons. The van der Waals surface area contributed by atoms with Crippen LogP contribution in [0.5, 0.6) is 0 Å². The van der Waals surface area contributed by atoms with Gasteiger partial charge >= 0.3 is 5.97 Å². The predicted octanol–water partition coefficient (Wildman–Crippen LogP) is 4.00. The standard InChI is InChI=1S/C25H22FNO5S/c1-17(24(28)19-9-11-22(26)12-10-19)32-25(29)20-7-4-8-23(15-20)33(30,31)27-14-13-18-5-2-3-6-21(18)16-27/h2-12,15,17H,13-14,16H2,1H3/t17-/m0/s1. The van der Waals surface area contributed by atoms with Crippen LogP contribution in [0.1, 0.15) is 38.8 Å². The fourth-order valence-electron chi connectivity index (χ4n) is 3.74. The fourth-order valence-corrected chi connectivity index (χ4v) is 5.20. The zero-order valence-corrected chi connectivity index (χ0v) is 18.7. The van der Waals surface area contributed by atoms with Gasteiger partial charge in [-0.05, 0) is 66.9 Å². The van der Waals surface area contributed by atoms with E-state index in [1.165, 1.54) is 47.6 Å². The molecule has 3 aromatic rings. The zero-order valence-electron chi connectivity index (χ0n) is 17.9. The Kier molecular flexibility index (Phi) is 6.40. The van der Waals surface area contributed by atoms with Gasteiger partial charge in [0.2, 0.25) is 15.8 Å². The van der Waals surface area contributed by atoms with Crippen molar-refractivity contribution < 1.29 is 27.1 Å². The Morgan fingerprint density at radius 1 is 0.939 bits per heavy atom. The van der Waals surface area contributed by atoms with E-state index in [1.807, 2.05) is 24.3 Å². The molecular weight excluding hydrogens is 445 g/mol. The van der Waals surface area contributed by atoms with Gasteiger partial charge in [0.15, 0.2) is 6.10 Å². The number of carbonyl (C=O) groups excluding carboxylic acids is 2. The number of hydrogen-bond acceptors (Lipinski definition) is 5. The lowest BCUT2D eigenvalue weighted by molar-refractivity contribution is 0.0318. The molecule has 0 N–H and O–H groups in total. The third-order valence-corrected chi connectivity index (χ3v) is 7.43. The van der Waals surface area contributed by atoms with Gasteiger partial charge < -0.3 is 4.74 Å². The van der Waals surface area contributed by atoms with Gasteiger partial charge in [0.05, 0.1) is 10.5 Å². The summed E-state index contributed by atoms with van der Waals surface area (Å²) >= 11 is 0. The van der Waals surface area contributed by atoms with Gasteiger partial charge in [-0.3, -0.25) is 4.79 Å². The molecule has 0 aliphatic carbocycles. The van der Waals surface area contributed by atoms with Crippen molar-refractivity contribution in [1.82, 2.24) is 4.31 Å². The van der Waals surface area contributed by atoms with E-state index < -0.39 is 33.7 Å². The Morgan fingerprint density at radius 2 is 1.64 bits per heavy atom. The Bertz CT molecular complexity index is 1300. The Labute approximate surface area is 191 Å². The molecule has 1 heterocycles. The molecule has 1 aliphatic heterocycles. The van der Waals surface area contributed by atoms with Crippen LogP contribution in [0, 0.1) is 5.82 Å². The maximum absolute atomic E-state index is 13.2. The quantitative estimate of drug-likeness (QED) is 0.404. The predicted molar refractivity (Wildman–Crippen MR) is 120 cm³/mol. The topological polar surface area (TPSA) is 80.8 Å². The first-order chi connectivity index (χ1) is 15.8. The summed E-state index contributed by atoms with van der Waals surface area (Å²) < 4.78 is 46.1. The van der Waals surface area contributed by atoms with Crippen LogP contribution in [0.25, 0.3) is 0 Å². The molecule has 0 fully saturated rings. The van der Waals surface area contributed by atoms with Gasteiger partial charge in [-0.1, -0.05) is 30.3 Å². The second-order valence-electron chi connectivity index (χ2n) is 7.80. The van der Waals surface area contributed by atoms with Crippen LogP contribution in [0.2, 0.25) is 0 Å². The van der Waals surface area contributed by atoms with Crippen molar-refractivity contribution in [3.63, 3.8) is 0 Å². The van der Waals surface area contributed by atoms with Crippen molar-refractivity contribution in [2.75, 3.05) is 6.54 Å². The maximum atomic E-state index is 13.2. The molecule has 1 aliphatic rings. The number of halogens is 1. The average Bonchev–Trinajstić information content (AvgIpc) is 2.83. The van der Waals surface area contributed by atoms with Crippen molar-refractivity contribution in [2.45, 2.75) is 30.9 Å². The van der Waals surface area contributed by atoms with Crippen molar-refractivity contribution >= 4 is 21.8 Å². The van der Waals surface area contributed by atoms with E-state index in [4.69, 9.17) is 4.74 Å². The normalized spacial score (nSPS) is 14.8. The van der Waals surface area contributed by atoms with Gasteiger partial charge in [-0.15, -0.1) is 0 Å². The number of ketones is 1. The van der Waals surface area contributed by atoms with E-state index in [0.29, 0.717) is 13.0 Å². The summed E-state index contributed by atoms with van der Waals surface area (Å²) in [4.78, 5) is 25.1. The second-order valence-corrected chi connectivity index (χ2v) is 9.74. The summed E-state index contributed by atoms with van der Waals surface area (Å²) in [7, 11) is -3.83. The smallest absolute Gasteiger partial charge is 0.338 e. The van der Waals surface area contributed by atoms with Gasteiger partial charge in [-0.2, -0.15) is 4.31 Å². The molecule has 0 spiro atoms. The van der Waals surface area contributed by atoms with Crippen LogP contribution in [-0.4, -0.2) is 37.1 Å².